The van der Waals surface area contributed by atoms with Crippen molar-refractivity contribution < 1.29 is 9.59 Å². The molecular formula is C18H28NO+. The summed E-state index contributed by atoms with van der Waals surface area (Å²) < 4.78 is 0.826. The van der Waals surface area contributed by atoms with Crippen molar-refractivity contribution in [3.8, 4) is 0 Å². The maximum Gasteiger partial charge on any atom is 0.144 e. The van der Waals surface area contributed by atoms with E-state index in [9.17, 15) is 5.11 Å². The highest BCUT2D eigenvalue weighted by atomic mass is 16.3. The molecule has 0 spiro atoms. The third-order valence-electron chi connectivity index (χ3n) is 5.30. The Morgan fingerprint density at radius 3 is 2.55 bits per heavy atom. The molecule has 0 radical (unpaired) electrons. The standard InChI is InChI=1S/C18H28NO/c1-7-10-18(20)12-15(4)19(5,6)17(18)16-9-8-13(2)14(3)11-16/h7-9,11,15,17,20H,1,10,12H2,2-6H3/q+1. The molecule has 3 unspecified atom stereocenters. The molecule has 1 saturated heterocycles. The van der Waals surface area contributed by atoms with E-state index in [2.05, 4.69) is 59.6 Å². The van der Waals surface area contributed by atoms with Gasteiger partial charge in [-0.25, -0.2) is 0 Å². The molecule has 1 heterocycles. The van der Waals surface area contributed by atoms with Crippen LogP contribution in [0.3, 0.4) is 0 Å². The molecule has 3 atom stereocenters. The molecule has 110 valence electrons. The van der Waals surface area contributed by atoms with Gasteiger partial charge in [0.05, 0.1) is 20.1 Å². The van der Waals surface area contributed by atoms with Gasteiger partial charge in [-0.1, -0.05) is 18.2 Å². The SMILES string of the molecule is C=CCC1(O)CC(C)[N+](C)(C)C1c1ccc(C)c(C)c1. The molecule has 1 aromatic carbocycles. The van der Waals surface area contributed by atoms with Crippen LogP contribution in [-0.2, 0) is 0 Å². The van der Waals surface area contributed by atoms with E-state index in [-0.39, 0.29) is 6.04 Å². The van der Waals surface area contributed by atoms with E-state index < -0.39 is 5.60 Å². The van der Waals surface area contributed by atoms with E-state index in [4.69, 9.17) is 0 Å². The van der Waals surface area contributed by atoms with Crippen LogP contribution in [0.5, 0.6) is 0 Å². The first-order chi connectivity index (χ1) is 9.22. The molecule has 0 amide bonds. The highest BCUT2D eigenvalue weighted by molar-refractivity contribution is 5.33. The van der Waals surface area contributed by atoms with Gasteiger partial charge in [0.1, 0.15) is 11.6 Å². The fraction of sp³-hybridized carbons (Fsp3) is 0.556. The lowest BCUT2D eigenvalue weighted by molar-refractivity contribution is -0.932. The number of aliphatic hydroxyl groups is 1. The zero-order chi connectivity index (χ0) is 15.1. The molecule has 0 aromatic heterocycles. The summed E-state index contributed by atoms with van der Waals surface area (Å²) in [4.78, 5) is 0. The molecule has 0 saturated carbocycles. The number of quaternary nitrogens is 1. The summed E-state index contributed by atoms with van der Waals surface area (Å²) in [7, 11) is 4.46. The molecular weight excluding hydrogens is 246 g/mol. The first-order valence-electron chi connectivity index (χ1n) is 7.46. The van der Waals surface area contributed by atoms with Crippen LogP contribution in [-0.4, -0.2) is 35.3 Å². The lowest BCUT2D eigenvalue weighted by Crippen LogP contribution is -2.48. The van der Waals surface area contributed by atoms with E-state index in [1.54, 1.807) is 0 Å². The van der Waals surface area contributed by atoms with Crippen molar-refractivity contribution in [3.63, 3.8) is 0 Å². The first kappa shape index (κ1) is 15.3. The summed E-state index contributed by atoms with van der Waals surface area (Å²) in [5.41, 5.74) is 3.15. The molecule has 1 aromatic rings. The quantitative estimate of drug-likeness (QED) is 0.660. The second-order valence-electron chi connectivity index (χ2n) is 7.02. The zero-order valence-corrected chi connectivity index (χ0v) is 13.5. The minimum Gasteiger partial charge on any atom is -0.383 e. The molecule has 2 heteroatoms. The summed E-state index contributed by atoms with van der Waals surface area (Å²) in [6, 6.07) is 7.13. The second-order valence-corrected chi connectivity index (χ2v) is 7.02. The van der Waals surface area contributed by atoms with Crippen molar-refractivity contribution in [1.29, 1.82) is 0 Å². The lowest BCUT2D eigenvalue weighted by atomic mass is 9.84. The van der Waals surface area contributed by atoms with Crippen LogP contribution in [0.25, 0.3) is 0 Å². The van der Waals surface area contributed by atoms with Crippen molar-refractivity contribution in [2.24, 2.45) is 0 Å². The number of hydrogen-bond donors (Lipinski definition) is 1. The van der Waals surface area contributed by atoms with Crippen LogP contribution < -0.4 is 0 Å². The van der Waals surface area contributed by atoms with E-state index in [1.165, 1.54) is 16.7 Å². The molecule has 1 N–H and O–H groups in total. The molecule has 20 heavy (non-hydrogen) atoms. The Morgan fingerprint density at radius 2 is 2.00 bits per heavy atom. The van der Waals surface area contributed by atoms with Crippen molar-refractivity contribution in [2.45, 2.75) is 51.3 Å². The van der Waals surface area contributed by atoms with Gasteiger partial charge in [0.15, 0.2) is 0 Å². The highest BCUT2D eigenvalue weighted by Crippen LogP contribution is 2.49. The van der Waals surface area contributed by atoms with Crippen molar-refractivity contribution in [3.05, 3.63) is 47.5 Å². The fourth-order valence-corrected chi connectivity index (χ4v) is 3.81. The zero-order valence-electron chi connectivity index (χ0n) is 13.5. The number of likely N-dealkylation sites (N-methyl/N-ethyl adjacent to an activating group) is 1. The van der Waals surface area contributed by atoms with Crippen LogP contribution >= 0.6 is 0 Å². The molecule has 0 aliphatic carbocycles. The molecule has 1 fully saturated rings. The van der Waals surface area contributed by atoms with E-state index in [0.29, 0.717) is 12.5 Å². The van der Waals surface area contributed by atoms with Gasteiger partial charge in [-0.2, -0.15) is 0 Å². The Morgan fingerprint density at radius 1 is 1.35 bits per heavy atom. The summed E-state index contributed by atoms with van der Waals surface area (Å²) in [5.74, 6) is 0. The minimum absolute atomic E-state index is 0.106. The molecule has 2 nitrogen and oxygen atoms in total. The summed E-state index contributed by atoms with van der Waals surface area (Å²) in [5, 5.41) is 11.2. The number of rotatable bonds is 3. The maximum atomic E-state index is 11.2. The second kappa shape index (κ2) is 5.01. The number of hydrogen-bond acceptors (Lipinski definition) is 1. The largest absolute Gasteiger partial charge is 0.383 e. The Kier molecular flexibility index (Phi) is 3.83. The van der Waals surface area contributed by atoms with Gasteiger partial charge in [0.2, 0.25) is 0 Å². The summed E-state index contributed by atoms with van der Waals surface area (Å²) in [6.07, 6.45) is 3.33. The topological polar surface area (TPSA) is 20.2 Å². The fourth-order valence-electron chi connectivity index (χ4n) is 3.81. The summed E-state index contributed by atoms with van der Waals surface area (Å²) in [6.45, 7) is 10.3. The van der Waals surface area contributed by atoms with Gasteiger partial charge in [0.25, 0.3) is 0 Å². The van der Waals surface area contributed by atoms with Crippen molar-refractivity contribution in [2.75, 3.05) is 14.1 Å². The Hall–Kier alpha value is -1.12. The van der Waals surface area contributed by atoms with Gasteiger partial charge in [0, 0.05) is 18.4 Å². The van der Waals surface area contributed by atoms with Crippen LogP contribution in [0.2, 0.25) is 0 Å². The van der Waals surface area contributed by atoms with Crippen LogP contribution in [0, 0.1) is 13.8 Å². The average molecular weight is 274 g/mol. The van der Waals surface area contributed by atoms with Gasteiger partial charge < -0.3 is 9.59 Å². The Bertz CT molecular complexity index is 520. The van der Waals surface area contributed by atoms with Gasteiger partial charge in [-0.3, -0.25) is 0 Å². The number of nitrogens with zero attached hydrogens (tertiary/aromatic N) is 1. The minimum atomic E-state index is -0.688. The molecule has 0 bridgehead atoms. The van der Waals surface area contributed by atoms with Crippen LogP contribution in [0.4, 0.5) is 0 Å². The first-order valence-corrected chi connectivity index (χ1v) is 7.46. The predicted molar refractivity (Wildman–Crippen MR) is 84.6 cm³/mol. The number of likely N-dealkylation sites (tertiary alicyclic amines) is 1. The van der Waals surface area contributed by atoms with E-state index in [0.717, 1.165) is 10.9 Å². The van der Waals surface area contributed by atoms with Crippen molar-refractivity contribution in [1.82, 2.24) is 0 Å². The molecule has 1 aliphatic heterocycles. The van der Waals surface area contributed by atoms with Gasteiger partial charge in [-0.15, -0.1) is 6.58 Å². The Labute approximate surface area is 123 Å². The molecule has 2 rings (SSSR count). The van der Waals surface area contributed by atoms with Gasteiger partial charge >= 0.3 is 0 Å². The number of benzene rings is 1. The average Bonchev–Trinajstić information content (AvgIpc) is 2.50. The Balaban J connectivity index is 2.53. The van der Waals surface area contributed by atoms with Crippen LogP contribution in [0.15, 0.2) is 30.9 Å². The van der Waals surface area contributed by atoms with Crippen LogP contribution in [0.1, 0.15) is 42.5 Å². The van der Waals surface area contributed by atoms with E-state index >= 15 is 0 Å². The maximum absolute atomic E-state index is 11.2. The monoisotopic (exact) mass is 274 g/mol. The molecule has 1 aliphatic rings. The predicted octanol–water partition coefficient (Wildman–Crippen LogP) is 3.52. The third-order valence-corrected chi connectivity index (χ3v) is 5.30. The highest BCUT2D eigenvalue weighted by Gasteiger charge is 2.57. The summed E-state index contributed by atoms with van der Waals surface area (Å²) >= 11 is 0. The third kappa shape index (κ3) is 2.32. The lowest BCUT2D eigenvalue weighted by Gasteiger charge is -2.39. The smallest absolute Gasteiger partial charge is 0.144 e. The normalized spacial score (nSPS) is 32.3. The van der Waals surface area contributed by atoms with Gasteiger partial charge in [-0.05, 0) is 38.0 Å². The van der Waals surface area contributed by atoms with E-state index in [1.807, 2.05) is 6.08 Å². The van der Waals surface area contributed by atoms with Crippen molar-refractivity contribution >= 4 is 0 Å². The number of aryl methyl sites for hydroxylation is 2.